The van der Waals surface area contributed by atoms with Crippen LogP contribution in [-0.2, 0) is 4.79 Å². The van der Waals surface area contributed by atoms with Crippen molar-refractivity contribution in [3.05, 3.63) is 35.2 Å². The van der Waals surface area contributed by atoms with E-state index < -0.39 is 11.6 Å². The normalized spacial score (nSPS) is 17.6. The van der Waals surface area contributed by atoms with Crippen molar-refractivity contribution in [1.29, 1.82) is 0 Å². The van der Waals surface area contributed by atoms with Crippen molar-refractivity contribution in [3.8, 4) is 11.3 Å². The van der Waals surface area contributed by atoms with E-state index in [1.165, 1.54) is 17.4 Å². The fourth-order valence-corrected chi connectivity index (χ4v) is 2.55. The Hall–Kier alpha value is -1.86. The van der Waals surface area contributed by atoms with Crippen molar-refractivity contribution in [2.24, 2.45) is 0 Å². The maximum Gasteiger partial charge on any atom is 0.243 e. The van der Waals surface area contributed by atoms with Gasteiger partial charge >= 0.3 is 0 Å². The van der Waals surface area contributed by atoms with Crippen LogP contribution in [0.5, 0.6) is 0 Å². The number of aromatic nitrogens is 1. The molecule has 104 valence electrons. The molecule has 1 aromatic carbocycles. The van der Waals surface area contributed by atoms with Crippen molar-refractivity contribution < 1.29 is 13.6 Å². The standard InChI is InChI=1S/C13H11F2N3OS/c14-8-2-1-7(5-9(8)15)11-6-20-13(17-11)18-12(19)10-3-4-16-10/h1-2,5-6,10,16H,3-4H2,(H,17,18,19)/t10-/m0/s1. The van der Waals surface area contributed by atoms with Gasteiger partial charge in [0.25, 0.3) is 0 Å². The van der Waals surface area contributed by atoms with Gasteiger partial charge in [-0.1, -0.05) is 0 Å². The minimum Gasteiger partial charge on any atom is -0.306 e. The van der Waals surface area contributed by atoms with Crippen LogP contribution in [0.2, 0.25) is 0 Å². The third-order valence-corrected chi connectivity index (χ3v) is 3.85. The number of carbonyl (C=O) groups excluding carboxylic acids is 1. The smallest absolute Gasteiger partial charge is 0.243 e. The third kappa shape index (κ3) is 2.54. The summed E-state index contributed by atoms with van der Waals surface area (Å²) in [5, 5.41) is 7.83. The number of carbonyl (C=O) groups is 1. The van der Waals surface area contributed by atoms with Crippen molar-refractivity contribution in [1.82, 2.24) is 10.3 Å². The van der Waals surface area contributed by atoms with E-state index in [1.54, 1.807) is 5.38 Å². The molecule has 2 N–H and O–H groups in total. The Kier molecular flexibility index (Phi) is 3.45. The summed E-state index contributed by atoms with van der Waals surface area (Å²) in [6, 6.07) is 3.43. The van der Waals surface area contributed by atoms with Gasteiger partial charge in [-0.2, -0.15) is 0 Å². The Morgan fingerprint density at radius 3 is 2.85 bits per heavy atom. The first-order valence-corrected chi connectivity index (χ1v) is 6.96. The molecule has 0 radical (unpaired) electrons. The van der Waals surface area contributed by atoms with Crippen LogP contribution in [0.4, 0.5) is 13.9 Å². The molecule has 1 aliphatic heterocycles. The number of nitrogens with one attached hydrogen (secondary N) is 2. The molecule has 3 rings (SSSR count). The van der Waals surface area contributed by atoms with Crippen LogP contribution in [-0.4, -0.2) is 23.5 Å². The SMILES string of the molecule is O=C(Nc1nc(-c2ccc(F)c(F)c2)cs1)[C@@H]1CCN1. The highest BCUT2D eigenvalue weighted by molar-refractivity contribution is 7.14. The van der Waals surface area contributed by atoms with Gasteiger partial charge in [-0.3, -0.25) is 4.79 Å². The molecule has 2 aromatic rings. The van der Waals surface area contributed by atoms with E-state index in [2.05, 4.69) is 15.6 Å². The Morgan fingerprint density at radius 1 is 1.40 bits per heavy atom. The topological polar surface area (TPSA) is 54.0 Å². The first-order valence-electron chi connectivity index (χ1n) is 6.08. The largest absolute Gasteiger partial charge is 0.306 e. The minimum atomic E-state index is -0.917. The lowest BCUT2D eigenvalue weighted by atomic mass is 10.1. The average molecular weight is 295 g/mol. The zero-order chi connectivity index (χ0) is 14.1. The van der Waals surface area contributed by atoms with Crippen LogP contribution in [0.1, 0.15) is 6.42 Å². The summed E-state index contributed by atoms with van der Waals surface area (Å²) in [6.07, 6.45) is 0.813. The van der Waals surface area contributed by atoms with E-state index in [1.807, 2.05) is 0 Å². The number of anilines is 1. The highest BCUT2D eigenvalue weighted by Gasteiger charge is 2.25. The molecule has 0 spiro atoms. The molecular formula is C13H11F2N3OS. The molecule has 1 amide bonds. The maximum absolute atomic E-state index is 13.2. The second-order valence-corrected chi connectivity index (χ2v) is 5.31. The summed E-state index contributed by atoms with van der Waals surface area (Å²) in [5.74, 6) is -1.93. The highest BCUT2D eigenvalue weighted by atomic mass is 32.1. The Bertz CT molecular complexity index is 655. The lowest BCUT2D eigenvalue weighted by molar-refractivity contribution is -0.119. The molecule has 2 heterocycles. The first kappa shape index (κ1) is 13.1. The van der Waals surface area contributed by atoms with Crippen molar-refractivity contribution in [3.63, 3.8) is 0 Å². The van der Waals surface area contributed by atoms with E-state index in [-0.39, 0.29) is 11.9 Å². The molecule has 20 heavy (non-hydrogen) atoms. The Morgan fingerprint density at radius 2 is 2.20 bits per heavy atom. The van der Waals surface area contributed by atoms with E-state index >= 15 is 0 Å². The molecular weight excluding hydrogens is 284 g/mol. The van der Waals surface area contributed by atoms with E-state index in [0.29, 0.717) is 16.4 Å². The number of halogens is 2. The minimum absolute atomic E-state index is 0.123. The van der Waals surface area contributed by atoms with Crippen LogP contribution in [0.3, 0.4) is 0 Å². The number of benzene rings is 1. The molecule has 0 aliphatic carbocycles. The van der Waals surface area contributed by atoms with Crippen LogP contribution in [0.25, 0.3) is 11.3 Å². The van der Waals surface area contributed by atoms with Gasteiger partial charge in [0, 0.05) is 10.9 Å². The van der Waals surface area contributed by atoms with Crippen molar-refractivity contribution in [2.75, 3.05) is 11.9 Å². The fourth-order valence-electron chi connectivity index (χ4n) is 1.82. The Labute approximate surface area is 117 Å². The molecule has 0 unspecified atom stereocenters. The third-order valence-electron chi connectivity index (χ3n) is 3.09. The number of hydrogen-bond donors (Lipinski definition) is 2. The molecule has 0 saturated carbocycles. The summed E-state index contributed by atoms with van der Waals surface area (Å²) in [4.78, 5) is 15.9. The molecule has 1 saturated heterocycles. The number of amides is 1. The molecule has 1 aromatic heterocycles. The lowest BCUT2D eigenvalue weighted by Crippen LogP contribution is -2.50. The molecule has 0 bridgehead atoms. The molecule has 1 atom stereocenters. The maximum atomic E-state index is 13.2. The van der Waals surface area contributed by atoms with Gasteiger partial charge in [-0.05, 0) is 31.2 Å². The van der Waals surface area contributed by atoms with Crippen LogP contribution >= 0.6 is 11.3 Å². The number of rotatable bonds is 3. The highest BCUT2D eigenvalue weighted by Crippen LogP contribution is 2.26. The van der Waals surface area contributed by atoms with Crippen molar-refractivity contribution in [2.45, 2.75) is 12.5 Å². The van der Waals surface area contributed by atoms with Crippen LogP contribution in [0.15, 0.2) is 23.6 Å². The number of nitrogens with zero attached hydrogens (tertiary/aromatic N) is 1. The summed E-state index contributed by atoms with van der Waals surface area (Å²) in [7, 11) is 0. The molecule has 1 aliphatic rings. The fraction of sp³-hybridized carbons (Fsp3) is 0.231. The van der Waals surface area contributed by atoms with Crippen molar-refractivity contribution >= 4 is 22.4 Å². The van der Waals surface area contributed by atoms with Gasteiger partial charge in [0.1, 0.15) is 0 Å². The predicted octanol–water partition coefficient (Wildman–Crippen LogP) is 2.39. The zero-order valence-corrected chi connectivity index (χ0v) is 11.1. The molecule has 4 nitrogen and oxygen atoms in total. The van der Waals surface area contributed by atoms with Gasteiger partial charge in [0.15, 0.2) is 16.8 Å². The van der Waals surface area contributed by atoms with Gasteiger partial charge in [0.05, 0.1) is 11.7 Å². The van der Waals surface area contributed by atoms with Gasteiger partial charge < -0.3 is 10.6 Å². The Balaban J connectivity index is 1.75. The summed E-state index contributed by atoms with van der Waals surface area (Å²) in [6.45, 7) is 0.843. The summed E-state index contributed by atoms with van der Waals surface area (Å²) < 4.78 is 26.0. The van der Waals surface area contributed by atoms with Gasteiger partial charge in [-0.25, -0.2) is 13.8 Å². The monoisotopic (exact) mass is 295 g/mol. The number of thiazole rings is 1. The van der Waals surface area contributed by atoms with Crippen LogP contribution < -0.4 is 10.6 Å². The second kappa shape index (κ2) is 5.26. The number of hydrogen-bond acceptors (Lipinski definition) is 4. The predicted molar refractivity (Wildman–Crippen MR) is 72.5 cm³/mol. The lowest BCUT2D eigenvalue weighted by Gasteiger charge is -2.25. The van der Waals surface area contributed by atoms with Crippen LogP contribution in [0, 0.1) is 11.6 Å². The van der Waals surface area contributed by atoms with E-state index in [4.69, 9.17) is 0 Å². The van der Waals surface area contributed by atoms with Gasteiger partial charge in [-0.15, -0.1) is 11.3 Å². The molecule has 1 fully saturated rings. The van der Waals surface area contributed by atoms with E-state index in [9.17, 15) is 13.6 Å². The first-order chi connectivity index (χ1) is 9.63. The average Bonchev–Trinajstić information content (AvgIpc) is 2.78. The summed E-state index contributed by atoms with van der Waals surface area (Å²) >= 11 is 1.25. The quantitative estimate of drug-likeness (QED) is 0.914. The second-order valence-electron chi connectivity index (χ2n) is 4.45. The molecule has 7 heteroatoms. The van der Waals surface area contributed by atoms with Gasteiger partial charge in [0.2, 0.25) is 5.91 Å². The summed E-state index contributed by atoms with van der Waals surface area (Å²) in [5.41, 5.74) is 0.980. The van der Waals surface area contributed by atoms with E-state index in [0.717, 1.165) is 25.1 Å². The zero-order valence-electron chi connectivity index (χ0n) is 10.3.